The molecule has 0 radical (unpaired) electrons. The van der Waals surface area contributed by atoms with Crippen LogP contribution in [0.15, 0.2) is 53.6 Å². The van der Waals surface area contributed by atoms with Gasteiger partial charge in [-0.15, -0.1) is 11.8 Å². The first kappa shape index (κ1) is 15.6. The number of thioether (sulfide) groups is 1. The average Bonchev–Trinajstić information content (AvgIpc) is 2.94. The second-order valence-corrected chi connectivity index (χ2v) is 8.01. The lowest BCUT2D eigenvalue weighted by Gasteiger charge is -2.41. The lowest BCUT2D eigenvalue weighted by Crippen LogP contribution is -2.32. The molecule has 1 nitrogen and oxygen atoms in total. The van der Waals surface area contributed by atoms with Crippen LogP contribution in [0.25, 0.3) is 0 Å². The highest BCUT2D eigenvalue weighted by Crippen LogP contribution is 2.62. The number of rotatable bonds is 4. The van der Waals surface area contributed by atoms with E-state index in [-0.39, 0.29) is 5.41 Å². The summed E-state index contributed by atoms with van der Waals surface area (Å²) in [5.41, 5.74) is 3.01. The van der Waals surface area contributed by atoms with E-state index in [0.29, 0.717) is 17.1 Å². The molecule has 1 aliphatic rings. The van der Waals surface area contributed by atoms with E-state index in [9.17, 15) is 0 Å². The summed E-state index contributed by atoms with van der Waals surface area (Å²) in [6.07, 6.45) is 3.11. The molecule has 0 spiro atoms. The largest absolute Gasteiger partial charge is 0.260 e. The van der Waals surface area contributed by atoms with Crippen molar-refractivity contribution >= 4 is 11.8 Å². The number of benzene rings is 1. The Hall–Kier alpha value is -1.28. The number of hydrogen-bond acceptors (Lipinski definition) is 2. The van der Waals surface area contributed by atoms with Crippen LogP contribution in [-0.4, -0.2) is 4.98 Å². The van der Waals surface area contributed by atoms with E-state index in [1.165, 1.54) is 22.6 Å². The summed E-state index contributed by atoms with van der Waals surface area (Å²) < 4.78 is 0. The van der Waals surface area contributed by atoms with E-state index in [4.69, 9.17) is 0 Å². The Morgan fingerprint density at radius 2 is 1.86 bits per heavy atom. The molecule has 2 heterocycles. The molecule has 0 bridgehead atoms. The molecule has 3 atom stereocenters. The topological polar surface area (TPSA) is 12.9 Å². The normalized spacial score (nSPS) is 23.3. The third-order valence-electron chi connectivity index (χ3n) is 5.58. The number of hydrogen-bond donors (Lipinski definition) is 0. The molecule has 0 amide bonds. The Bertz CT molecular complexity index is 637. The number of pyridine rings is 1. The van der Waals surface area contributed by atoms with Gasteiger partial charge >= 0.3 is 0 Å². The Morgan fingerprint density at radius 3 is 2.50 bits per heavy atom. The van der Waals surface area contributed by atoms with Crippen LogP contribution in [0.3, 0.4) is 0 Å². The van der Waals surface area contributed by atoms with Crippen molar-refractivity contribution in [2.45, 2.75) is 50.2 Å². The quantitative estimate of drug-likeness (QED) is 0.678. The zero-order valence-corrected chi connectivity index (χ0v) is 14.7. The lowest BCUT2D eigenvalue weighted by atomic mass is 9.63. The first-order valence-corrected chi connectivity index (χ1v) is 9.12. The molecular formula is C20H25NS. The van der Waals surface area contributed by atoms with E-state index in [1.54, 1.807) is 0 Å². The SMILES string of the molecule is CCC(C)(C(C)C)C1c2ccccc2SC1c1ccccn1. The van der Waals surface area contributed by atoms with E-state index in [0.717, 1.165) is 0 Å². The van der Waals surface area contributed by atoms with Gasteiger partial charge in [0.25, 0.3) is 0 Å². The van der Waals surface area contributed by atoms with Gasteiger partial charge in [-0.25, -0.2) is 0 Å². The van der Waals surface area contributed by atoms with Crippen molar-refractivity contribution in [1.29, 1.82) is 0 Å². The summed E-state index contributed by atoms with van der Waals surface area (Å²) in [6.45, 7) is 9.52. The molecule has 1 aromatic carbocycles. The molecule has 0 N–H and O–H groups in total. The third-order valence-corrected chi connectivity index (χ3v) is 6.97. The summed E-state index contributed by atoms with van der Waals surface area (Å²) >= 11 is 1.99. The highest BCUT2D eigenvalue weighted by atomic mass is 32.2. The zero-order chi connectivity index (χ0) is 15.7. The third kappa shape index (κ3) is 2.48. The molecule has 2 heteroatoms. The van der Waals surface area contributed by atoms with Gasteiger partial charge in [0.15, 0.2) is 0 Å². The van der Waals surface area contributed by atoms with Gasteiger partial charge in [0.05, 0.1) is 10.9 Å². The predicted octanol–water partition coefficient (Wildman–Crippen LogP) is 6.08. The summed E-state index contributed by atoms with van der Waals surface area (Å²) in [4.78, 5) is 6.11. The minimum absolute atomic E-state index is 0.280. The van der Waals surface area contributed by atoms with Gasteiger partial charge in [-0.05, 0) is 41.5 Å². The maximum atomic E-state index is 4.68. The van der Waals surface area contributed by atoms with Gasteiger partial charge in [-0.3, -0.25) is 4.98 Å². The predicted molar refractivity (Wildman–Crippen MR) is 95.3 cm³/mol. The highest BCUT2D eigenvalue weighted by Gasteiger charge is 2.46. The fraction of sp³-hybridized carbons (Fsp3) is 0.450. The molecule has 1 aliphatic heterocycles. The van der Waals surface area contributed by atoms with Crippen LogP contribution in [0.1, 0.15) is 56.5 Å². The first-order valence-electron chi connectivity index (χ1n) is 8.24. The summed E-state index contributed by atoms with van der Waals surface area (Å²) in [5, 5.41) is 0.422. The Kier molecular flexibility index (Phi) is 4.31. The van der Waals surface area contributed by atoms with Crippen molar-refractivity contribution < 1.29 is 0 Å². The standard InChI is InChI=1S/C20H25NS/c1-5-20(4,14(2)3)18-15-10-6-7-12-17(15)22-19(18)16-11-8-9-13-21-16/h6-14,18-19H,5H2,1-4H3. The molecule has 116 valence electrons. The molecule has 3 rings (SSSR count). The molecule has 2 aromatic rings. The minimum Gasteiger partial charge on any atom is -0.260 e. The van der Waals surface area contributed by atoms with Gasteiger partial charge in [-0.1, -0.05) is 52.0 Å². The van der Waals surface area contributed by atoms with E-state index in [1.807, 2.05) is 24.0 Å². The average molecular weight is 311 g/mol. The zero-order valence-electron chi connectivity index (χ0n) is 13.9. The number of fused-ring (bicyclic) bond motifs is 1. The molecular weight excluding hydrogens is 286 g/mol. The Balaban J connectivity index is 2.12. The van der Waals surface area contributed by atoms with Gasteiger partial charge in [0.2, 0.25) is 0 Å². The van der Waals surface area contributed by atoms with Crippen LogP contribution in [0.2, 0.25) is 0 Å². The van der Waals surface area contributed by atoms with Gasteiger partial charge < -0.3 is 0 Å². The number of nitrogens with zero attached hydrogens (tertiary/aromatic N) is 1. The van der Waals surface area contributed by atoms with Crippen molar-refractivity contribution in [3.05, 3.63) is 59.9 Å². The van der Waals surface area contributed by atoms with Crippen LogP contribution in [0.4, 0.5) is 0 Å². The second kappa shape index (κ2) is 6.08. The number of aromatic nitrogens is 1. The maximum absolute atomic E-state index is 4.68. The van der Waals surface area contributed by atoms with E-state index < -0.39 is 0 Å². The summed E-state index contributed by atoms with van der Waals surface area (Å²) in [7, 11) is 0. The first-order chi connectivity index (χ1) is 10.6. The van der Waals surface area contributed by atoms with Gasteiger partial charge in [0, 0.05) is 17.0 Å². The molecule has 0 saturated carbocycles. The van der Waals surface area contributed by atoms with Crippen LogP contribution >= 0.6 is 11.8 Å². The van der Waals surface area contributed by atoms with Crippen LogP contribution in [0, 0.1) is 11.3 Å². The van der Waals surface area contributed by atoms with Crippen LogP contribution in [-0.2, 0) is 0 Å². The molecule has 1 aromatic heterocycles. The molecule has 0 fully saturated rings. The molecule has 22 heavy (non-hydrogen) atoms. The molecule has 3 unspecified atom stereocenters. The Labute approximate surface area is 138 Å². The van der Waals surface area contributed by atoms with E-state index >= 15 is 0 Å². The van der Waals surface area contributed by atoms with Crippen molar-refractivity contribution in [2.24, 2.45) is 11.3 Å². The van der Waals surface area contributed by atoms with Crippen molar-refractivity contribution in [2.75, 3.05) is 0 Å². The lowest BCUT2D eigenvalue weighted by molar-refractivity contribution is 0.154. The molecule has 0 aliphatic carbocycles. The van der Waals surface area contributed by atoms with Crippen LogP contribution < -0.4 is 0 Å². The van der Waals surface area contributed by atoms with Gasteiger partial charge in [0.1, 0.15) is 0 Å². The van der Waals surface area contributed by atoms with Crippen molar-refractivity contribution in [3.63, 3.8) is 0 Å². The van der Waals surface area contributed by atoms with E-state index in [2.05, 4.69) is 69.1 Å². The fourth-order valence-corrected chi connectivity index (χ4v) is 5.29. The summed E-state index contributed by atoms with van der Waals surface area (Å²) in [6, 6.07) is 15.2. The van der Waals surface area contributed by atoms with Gasteiger partial charge in [-0.2, -0.15) is 0 Å². The smallest absolute Gasteiger partial charge is 0.0591 e. The molecule has 0 saturated heterocycles. The Morgan fingerprint density at radius 1 is 1.14 bits per heavy atom. The van der Waals surface area contributed by atoms with Crippen LogP contribution in [0.5, 0.6) is 0 Å². The summed E-state index contributed by atoms with van der Waals surface area (Å²) in [5.74, 6) is 1.16. The highest BCUT2D eigenvalue weighted by molar-refractivity contribution is 8.00. The monoisotopic (exact) mass is 311 g/mol. The minimum atomic E-state index is 0.280. The maximum Gasteiger partial charge on any atom is 0.0591 e. The second-order valence-electron chi connectivity index (χ2n) is 6.82. The van der Waals surface area contributed by atoms with Crippen molar-refractivity contribution in [1.82, 2.24) is 4.98 Å². The fourth-order valence-electron chi connectivity index (χ4n) is 3.68. The van der Waals surface area contributed by atoms with Crippen molar-refractivity contribution in [3.8, 4) is 0 Å².